The molecule has 0 amide bonds. The van der Waals surface area contributed by atoms with Crippen LogP contribution in [0.2, 0.25) is 5.02 Å². The van der Waals surface area contributed by atoms with Crippen LogP contribution in [0.5, 0.6) is 11.5 Å². The number of nitrogens with zero attached hydrogens (tertiary/aromatic N) is 2. The Balaban J connectivity index is 1.75. The van der Waals surface area contributed by atoms with Crippen LogP contribution in [-0.4, -0.2) is 52.1 Å². The Bertz CT molecular complexity index is 912. The predicted octanol–water partition coefficient (Wildman–Crippen LogP) is 3.65. The molecule has 1 saturated heterocycles. The van der Waals surface area contributed by atoms with Crippen molar-refractivity contribution in [2.45, 2.75) is 18.7 Å². The molecule has 2 aromatic rings. The van der Waals surface area contributed by atoms with E-state index in [9.17, 15) is 8.42 Å². The summed E-state index contributed by atoms with van der Waals surface area (Å²) in [5.74, 6) is 1.20. The third kappa shape index (κ3) is 4.37. The summed E-state index contributed by atoms with van der Waals surface area (Å²) in [6.07, 6.45) is 0. The van der Waals surface area contributed by atoms with Gasteiger partial charge in [0.25, 0.3) is 0 Å². The van der Waals surface area contributed by atoms with Gasteiger partial charge in [-0.05, 0) is 38.1 Å². The van der Waals surface area contributed by atoms with Crippen molar-refractivity contribution < 1.29 is 17.9 Å². The van der Waals surface area contributed by atoms with Gasteiger partial charge in [-0.2, -0.15) is 4.31 Å². The van der Waals surface area contributed by atoms with Crippen molar-refractivity contribution in [1.82, 2.24) is 4.31 Å². The van der Waals surface area contributed by atoms with Crippen molar-refractivity contribution in [3.05, 3.63) is 47.5 Å². The third-order valence-corrected chi connectivity index (χ3v) is 6.79. The maximum absolute atomic E-state index is 13.1. The summed E-state index contributed by atoms with van der Waals surface area (Å²) in [6, 6.07) is 12.4. The zero-order chi connectivity index (χ0) is 20.1. The van der Waals surface area contributed by atoms with Crippen LogP contribution in [0.4, 0.5) is 5.69 Å². The second-order valence-electron chi connectivity index (χ2n) is 6.32. The zero-order valence-electron chi connectivity index (χ0n) is 16.1. The first-order valence-electron chi connectivity index (χ1n) is 9.36. The highest BCUT2D eigenvalue weighted by Gasteiger charge is 2.30. The number of ether oxygens (including phenoxy) is 2. The second-order valence-corrected chi connectivity index (χ2v) is 8.66. The monoisotopic (exact) mass is 424 g/mol. The number of anilines is 1. The molecule has 1 heterocycles. The van der Waals surface area contributed by atoms with Crippen LogP contribution >= 0.6 is 11.6 Å². The molecule has 0 unspecified atom stereocenters. The Hall–Kier alpha value is -1.96. The summed E-state index contributed by atoms with van der Waals surface area (Å²) in [4.78, 5) is 2.35. The second kappa shape index (κ2) is 9.03. The molecule has 28 heavy (non-hydrogen) atoms. The first kappa shape index (κ1) is 20.8. The molecule has 0 spiro atoms. The van der Waals surface area contributed by atoms with Gasteiger partial charge in [-0.15, -0.1) is 0 Å². The van der Waals surface area contributed by atoms with Gasteiger partial charge in [-0.25, -0.2) is 8.42 Å². The smallest absolute Gasteiger partial charge is 0.243 e. The normalized spacial score (nSPS) is 15.5. The molecule has 6 nitrogen and oxygen atoms in total. The van der Waals surface area contributed by atoms with E-state index in [-0.39, 0.29) is 4.90 Å². The molecule has 152 valence electrons. The summed E-state index contributed by atoms with van der Waals surface area (Å²) in [5, 5.41) is 0.401. The largest absolute Gasteiger partial charge is 0.492 e. The quantitative estimate of drug-likeness (QED) is 0.679. The van der Waals surface area contributed by atoms with Crippen molar-refractivity contribution in [2.24, 2.45) is 0 Å². The van der Waals surface area contributed by atoms with Gasteiger partial charge in [0.1, 0.15) is 11.5 Å². The van der Waals surface area contributed by atoms with E-state index in [2.05, 4.69) is 4.90 Å². The van der Waals surface area contributed by atoms with Crippen molar-refractivity contribution in [1.29, 1.82) is 0 Å². The van der Waals surface area contributed by atoms with Crippen molar-refractivity contribution in [3.63, 3.8) is 0 Å². The summed E-state index contributed by atoms with van der Waals surface area (Å²) < 4.78 is 38.7. The molecule has 0 saturated carbocycles. The number of sulfonamides is 1. The Kier molecular flexibility index (Phi) is 6.69. The molecule has 1 aliphatic rings. The van der Waals surface area contributed by atoms with Gasteiger partial charge in [0.2, 0.25) is 10.0 Å². The molecular weight excluding hydrogens is 400 g/mol. The molecule has 1 aliphatic heterocycles. The SMILES string of the molecule is CCOc1cc(S(=O)(=O)N2CCN(c3ccccc3OCC)CC2)ccc1Cl. The fourth-order valence-corrected chi connectivity index (χ4v) is 4.83. The summed E-state index contributed by atoms with van der Waals surface area (Å²) in [5.41, 5.74) is 0.992. The first-order valence-corrected chi connectivity index (χ1v) is 11.2. The van der Waals surface area contributed by atoms with Crippen LogP contribution in [0.15, 0.2) is 47.4 Å². The van der Waals surface area contributed by atoms with E-state index in [1.165, 1.54) is 16.4 Å². The van der Waals surface area contributed by atoms with Crippen LogP contribution in [0.3, 0.4) is 0 Å². The van der Waals surface area contributed by atoms with Gasteiger partial charge in [0.05, 0.1) is 28.8 Å². The number of hydrogen-bond acceptors (Lipinski definition) is 5. The molecule has 1 fully saturated rings. The fourth-order valence-electron chi connectivity index (χ4n) is 3.22. The number of rotatable bonds is 7. The van der Waals surface area contributed by atoms with E-state index in [0.29, 0.717) is 50.2 Å². The highest BCUT2D eigenvalue weighted by atomic mass is 35.5. The van der Waals surface area contributed by atoms with E-state index < -0.39 is 10.0 Å². The van der Waals surface area contributed by atoms with Gasteiger partial charge >= 0.3 is 0 Å². The van der Waals surface area contributed by atoms with Gasteiger partial charge < -0.3 is 14.4 Å². The maximum atomic E-state index is 13.1. The van der Waals surface area contributed by atoms with Crippen LogP contribution in [0, 0.1) is 0 Å². The van der Waals surface area contributed by atoms with Gasteiger partial charge in [-0.3, -0.25) is 0 Å². The number of halogens is 1. The Morgan fingerprint density at radius 1 is 0.929 bits per heavy atom. The van der Waals surface area contributed by atoms with Crippen molar-refractivity contribution in [2.75, 3.05) is 44.3 Å². The molecule has 3 rings (SSSR count). The lowest BCUT2D eigenvalue weighted by molar-refractivity contribution is 0.336. The number of benzene rings is 2. The standard InChI is InChI=1S/C20H25ClN2O4S/c1-3-26-19-8-6-5-7-18(19)22-11-13-23(14-12-22)28(24,25)16-9-10-17(21)20(15-16)27-4-2/h5-10,15H,3-4,11-14H2,1-2H3. The van der Waals surface area contributed by atoms with Gasteiger partial charge in [0, 0.05) is 32.2 Å². The molecule has 0 N–H and O–H groups in total. The molecule has 0 bridgehead atoms. The highest BCUT2D eigenvalue weighted by Crippen LogP contribution is 2.31. The molecule has 0 aromatic heterocycles. The summed E-state index contributed by atoms with van der Waals surface area (Å²) in [6.45, 7) is 6.77. The molecular formula is C20H25ClN2O4S. The fraction of sp³-hybridized carbons (Fsp3) is 0.400. The summed E-state index contributed by atoms with van der Waals surface area (Å²) in [7, 11) is -3.61. The lowest BCUT2D eigenvalue weighted by Crippen LogP contribution is -2.48. The minimum Gasteiger partial charge on any atom is -0.492 e. The minimum absolute atomic E-state index is 0.198. The average molecular weight is 425 g/mol. The molecule has 0 radical (unpaired) electrons. The lowest BCUT2D eigenvalue weighted by atomic mass is 10.2. The van der Waals surface area contributed by atoms with Gasteiger partial charge in [-0.1, -0.05) is 23.7 Å². The Labute approximate surface area is 171 Å². The van der Waals surface area contributed by atoms with Crippen LogP contribution < -0.4 is 14.4 Å². The number of hydrogen-bond donors (Lipinski definition) is 0. The maximum Gasteiger partial charge on any atom is 0.243 e. The van der Waals surface area contributed by atoms with E-state index >= 15 is 0 Å². The summed E-state index contributed by atoms with van der Waals surface area (Å²) >= 11 is 6.09. The predicted molar refractivity (Wildman–Crippen MR) is 111 cm³/mol. The van der Waals surface area contributed by atoms with E-state index in [1.807, 2.05) is 38.1 Å². The van der Waals surface area contributed by atoms with Crippen molar-refractivity contribution in [3.8, 4) is 11.5 Å². The topological polar surface area (TPSA) is 59.1 Å². The number of piperazine rings is 1. The number of para-hydroxylation sites is 2. The van der Waals surface area contributed by atoms with Crippen molar-refractivity contribution >= 4 is 27.3 Å². The molecule has 8 heteroatoms. The highest BCUT2D eigenvalue weighted by molar-refractivity contribution is 7.89. The lowest BCUT2D eigenvalue weighted by Gasteiger charge is -2.36. The first-order chi connectivity index (χ1) is 13.5. The minimum atomic E-state index is -3.61. The van der Waals surface area contributed by atoms with Crippen LogP contribution in [-0.2, 0) is 10.0 Å². The molecule has 0 atom stereocenters. The Morgan fingerprint density at radius 3 is 2.25 bits per heavy atom. The zero-order valence-corrected chi connectivity index (χ0v) is 17.7. The molecule has 0 aliphatic carbocycles. The van der Waals surface area contributed by atoms with E-state index in [0.717, 1.165) is 11.4 Å². The average Bonchev–Trinajstić information content (AvgIpc) is 2.70. The van der Waals surface area contributed by atoms with Crippen LogP contribution in [0.25, 0.3) is 0 Å². The van der Waals surface area contributed by atoms with E-state index in [4.69, 9.17) is 21.1 Å². The van der Waals surface area contributed by atoms with Crippen LogP contribution in [0.1, 0.15) is 13.8 Å². The van der Waals surface area contributed by atoms with Gasteiger partial charge in [0.15, 0.2) is 0 Å². The van der Waals surface area contributed by atoms with E-state index in [1.54, 1.807) is 6.07 Å². The molecule has 2 aromatic carbocycles. The third-order valence-electron chi connectivity index (χ3n) is 4.58. The Morgan fingerprint density at radius 2 is 1.57 bits per heavy atom.